The molecule has 0 aliphatic carbocycles. The smallest absolute Gasteiger partial charge is 0.234 e. The van der Waals surface area contributed by atoms with Crippen molar-refractivity contribution in [2.45, 2.75) is 32.9 Å². The average molecular weight is 294 g/mol. The van der Waals surface area contributed by atoms with Crippen molar-refractivity contribution < 1.29 is 9.47 Å². The molecule has 1 fully saturated rings. The number of likely N-dealkylation sites (N-methyl/N-ethyl adjacent to an activating group) is 1. The van der Waals surface area contributed by atoms with Gasteiger partial charge in [0.2, 0.25) is 5.88 Å². The van der Waals surface area contributed by atoms with Crippen molar-refractivity contribution in [1.29, 1.82) is 0 Å². The van der Waals surface area contributed by atoms with Crippen LogP contribution in [-0.4, -0.2) is 60.4 Å². The maximum atomic E-state index is 5.81. The van der Waals surface area contributed by atoms with Gasteiger partial charge in [0.15, 0.2) is 0 Å². The van der Waals surface area contributed by atoms with E-state index >= 15 is 0 Å². The van der Waals surface area contributed by atoms with Gasteiger partial charge in [-0.05, 0) is 19.9 Å². The van der Waals surface area contributed by atoms with Crippen LogP contribution in [0.25, 0.3) is 0 Å². The van der Waals surface area contributed by atoms with Crippen molar-refractivity contribution in [1.82, 2.24) is 14.9 Å². The van der Waals surface area contributed by atoms with Crippen LogP contribution in [0.15, 0.2) is 12.4 Å². The average Bonchev–Trinajstić information content (AvgIpc) is 2.45. The van der Waals surface area contributed by atoms with Crippen molar-refractivity contribution in [3.63, 3.8) is 0 Å². The first-order valence-corrected chi connectivity index (χ1v) is 7.56. The third kappa shape index (κ3) is 5.13. The Bertz CT molecular complexity index is 441. The number of hydrogen-bond donors (Lipinski definition) is 1. The van der Waals surface area contributed by atoms with E-state index in [2.05, 4.69) is 48.0 Å². The second-order valence-corrected chi connectivity index (χ2v) is 6.05. The molecule has 1 saturated heterocycles. The molecule has 2 atom stereocenters. The first-order chi connectivity index (χ1) is 10.0. The van der Waals surface area contributed by atoms with Gasteiger partial charge in [-0.15, -0.1) is 0 Å². The quantitative estimate of drug-likeness (QED) is 0.861. The Morgan fingerprint density at radius 3 is 2.95 bits per heavy atom. The Morgan fingerprint density at radius 2 is 2.24 bits per heavy atom. The van der Waals surface area contributed by atoms with Crippen LogP contribution in [0, 0.1) is 5.92 Å². The van der Waals surface area contributed by atoms with E-state index in [1.165, 1.54) is 0 Å². The fourth-order valence-corrected chi connectivity index (χ4v) is 2.18. The minimum atomic E-state index is 0.158. The fraction of sp³-hybridized carbons (Fsp3) is 0.733. The van der Waals surface area contributed by atoms with E-state index in [4.69, 9.17) is 9.47 Å². The summed E-state index contributed by atoms with van der Waals surface area (Å²) in [6.45, 7) is 9.64. The Balaban J connectivity index is 1.90. The summed E-state index contributed by atoms with van der Waals surface area (Å²) in [7, 11) is 2.11. The van der Waals surface area contributed by atoms with Crippen LogP contribution in [0.5, 0.6) is 5.88 Å². The topological polar surface area (TPSA) is 59.5 Å². The second kappa shape index (κ2) is 7.56. The predicted molar refractivity (Wildman–Crippen MR) is 82.7 cm³/mol. The van der Waals surface area contributed by atoms with Gasteiger partial charge in [0.05, 0.1) is 37.8 Å². The Labute approximate surface area is 126 Å². The molecule has 21 heavy (non-hydrogen) atoms. The summed E-state index contributed by atoms with van der Waals surface area (Å²) in [5.74, 6) is 1.75. The zero-order valence-corrected chi connectivity index (χ0v) is 13.4. The highest BCUT2D eigenvalue weighted by atomic mass is 16.5. The monoisotopic (exact) mass is 294 g/mol. The molecule has 2 unspecified atom stereocenters. The van der Waals surface area contributed by atoms with Crippen molar-refractivity contribution in [2.75, 3.05) is 38.7 Å². The van der Waals surface area contributed by atoms with Crippen LogP contribution in [0.4, 0.5) is 5.82 Å². The van der Waals surface area contributed by atoms with E-state index in [-0.39, 0.29) is 12.1 Å². The van der Waals surface area contributed by atoms with Gasteiger partial charge in [0.25, 0.3) is 0 Å². The van der Waals surface area contributed by atoms with E-state index in [0.29, 0.717) is 18.4 Å². The molecule has 1 aliphatic heterocycles. The molecule has 0 bridgehead atoms. The molecule has 1 aromatic heterocycles. The van der Waals surface area contributed by atoms with Gasteiger partial charge in [-0.3, -0.25) is 4.98 Å². The number of hydrogen-bond acceptors (Lipinski definition) is 6. The molecular weight excluding hydrogens is 268 g/mol. The summed E-state index contributed by atoms with van der Waals surface area (Å²) in [4.78, 5) is 10.9. The fourth-order valence-electron chi connectivity index (χ4n) is 2.18. The first-order valence-electron chi connectivity index (χ1n) is 7.56. The number of ether oxygens (including phenoxy) is 2. The standard InChI is InChI=1S/C15H26N4O2/c1-11(2)10-21-15-8-16-7-14(18-15)17-12(3)13-9-19(4)5-6-20-13/h7-8,11-13H,5-6,9-10H2,1-4H3,(H,17,18). The highest BCUT2D eigenvalue weighted by molar-refractivity contribution is 5.34. The van der Waals surface area contributed by atoms with Gasteiger partial charge in [0, 0.05) is 13.1 Å². The van der Waals surface area contributed by atoms with Crippen LogP contribution in [0.2, 0.25) is 0 Å². The van der Waals surface area contributed by atoms with Crippen molar-refractivity contribution >= 4 is 5.82 Å². The Hall–Kier alpha value is -1.40. The van der Waals surface area contributed by atoms with E-state index in [9.17, 15) is 0 Å². The Kier molecular flexibility index (Phi) is 5.76. The van der Waals surface area contributed by atoms with Crippen LogP contribution in [0.3, 0.4) is 0 Å². The Morgan fingerprint density at radius 1 is 1.43 bits per heavy atom. The molecule has 6 nitrogen and oxygen atoms in total. The van der Waals surface area contributed by atoms with Gasteiger partial charge < -0.3 is 19.7 Å². The second-order valence-electron chi connectivity index (χ2n) is 6.05. The predicted octanol–water partition coefficient (Wildman–Crippen LogP) is 1.64. The number of nitrogens with one attached hydrogen (secondary N) is 1. The highest BCUT2D eigenvalue weighted by Crippen LogP contribution is 2.14. The minimum absolute atomic E-state index is 0.158. The van der Waals surface area contributed by atoms with Gasteiger partial charge >= 0.3 is 0 Å². The van der Waals surface area contributed by atoms with E-state index in [1.807, 2.05) is 0 Å². The maximum absolute atomic E-state index is 5.81. The maximum Gasteiger partial charge on any atom is 0.234 e. The summed E-state index contributed by atoms with van der Waals surface area (Å²) < 4.78 is 11.4. The molecule has 6 heteroatoms. The molecule has 0 radical (unpaired) electrons. The van der Waals surface area contributed by atoms with Gasteiger partial charge in [-0.1, -0.05) is 13.8 Å². The van der Waals surface area contributed by atoms with Crippen LogP contribution < -0.4 is 10.1 Å². The number of rotatable bonds is 6. The van der Waals surface area contributed by atoms with Crippen LogP contribution in [0.1, 0.15) is 20.8 Å². The summed E-state index contributed by atoms with van der Waals surface area (Å²) in [5.41, 5.74) is 0. The molecule has 1 N–H and O–H groups in total. The van der Waals surface area contributed by atoms with Gasteiger partial charge in [0.1, 0.15) is 5.82 Å². The third-order valence-corrected chi connectivity index (χ3v) is 3.41. The molecule has 0 saturated carbocycles. The highest BCUT2D eigenvalue weighted by Gasteiger charge is 2.23. The molecule has 0 amide bonds. The number of nitrogens with zero attached hydrogens (tertiary/aromatic N) is 3. The lowest BCUT2D eigenvalue weighted by atomic mass is 10.1. The van der Waals surface area contributed by atoms with Crippen molar-refractivity contribution in [3.8, 4) is 5.88 Å². The van der Waals surface area contributed by atoms with Crippen LogP contribution in [-0.2, 0) is 4.74 Å². The third-order valence-electron chi connectivity index (χ3n) is 3.41. The number of aromatic nitrogens is 2. The lowest BCUT2D eigenvalue weighted by molar-refractivity contribution is -0.0260. The molecule has 1 aromatic rings. The van der Waals surface area contributed by atoms with Gasteiger partial charge in [-0.2, -0.15) is 4.98 Å². The summed E-state index contributed by atoms with van der Waals surface area (Å²) in [6.07, 6.45) is 3.51. The molecule has 2 heterocycles. The first kappa shape index (κ1) is 16.0. The minimum Gasteiger partial charge on any atom is -0.476 e. The lowest BCUT2D eigenvalue weighted by Crippen LogP contribution is -2.47. The van der Waals surface area contributed by atoms with Crippen molar-refractivity contribution in [2.24, 2.45) is 5.92 Å². The molecule has 0 spiro atoms. The molecule has 1 aliphatic rings. The summed E-state index contributed by atoms with van der Waals surface area (Å²) >= 11 is 0. The summed E-state index contributed by atoms with van der Waals surface area (Å²) in [6, 6.07) is 0.169. The van der Waals surface area contributed by atoms with Gasteiger partial charge in [-0.25, -0.2) is 0 Å². The molecule has 0 aromatic carbocycles. The zero-order chi connectivity index (χ0) is 15.2. The molecular formula is C15H26N4O2. The number of morpholine rings is 1. The van der Waals surface area contributed by atoms with Crippen LogP contribution >= 0.6 is 0 Å². The van der Waals surface area contributed by atoms with Crippen molar-refractivity contribution in [3.05, 3.63) is 12.4 Å². The molecule has 118 valence electrons. The SMILES string of the molecule is CC(C)COc1cncc(NC(C)C2CN(C)CCO2)n1. The van der Waals surface area contributed by atoms with E-state index in [1.54, 1.807) is 12.4 Å². The van der Waals surface area contributed by atoms with E-state index in [0.717, 1.165) is 25.5 Å². The molecule has 2 rings (SSSR count). The van der Waals surface area contributed by atoms with E-state index < -0.39 is 0 Å². The normalized spacial score (nSPS) is 21.3. The zero-order valence-electron chi connectivity index (χ0n) is 13.4. The largest absolute Gasteiger partial charge is 0.476 e. The summed E-state index contributed by atoms with van der Waals surface area (Å²) in [5, 5.41) is 3.35. The lowest BCUT2D eigenvalue weighted by Gasteiger charge is -2.34. The number of anilines is 1.